The third kappa shape index (κ3) is 3.10. The van der Waals surface area contributed by atoms with Crippen molar-refractivity contribution in [3.8, 4) is 11.5 Å². The molecule has 0 atom stereocenters. The lowest BCUT2D eigenvalue weighted by Gasteiger charge is -2.09. The van der Waals surface area contributed by atoms with Gasteiger partial charge < -0.3 is 10.2 Å². The number of rotatable bonds is 2. The molecule has 4 heteroatoms. The average Bonchev–Trinajstić information content (AvgIpc) is 2.44. The van der Waals surface area contributed by atoms with Crippen LogP contribution in [0.2, 0.25) is 0 Å². The van der Waals surface area contributed by atoms with E-state index in [2.05, 4.69) is 20.9 Å². The zero-order chi connectivity index (χ0) is 15.7. The van der Waals surface area contributed by atoms with Crippen LogP contribution in [0.1, 0.15) is 27.8 Å². The summed E-state index contributed by atoms with van der Waals surface area (Å²) >= 11 is 3.38. The van der Waals surface area contributed by atoms with Crippen LogP contribution in [0.15, 0.2) is 27.7 Å². The molecule has 2 aromatic carbocycles. The van der Waals surface area contributed by atoms with Crippen molar-refractivity contribution >= 4 is 27.8 Å². The molecule has 0 heterocycles. The van der Waals surface area contributed by atoms with Gasteiger partial charge in [0.05, 0.1) is 4.47 Å². The van der Waals surface area contributed by atoms with Crippen LogP contribution < -0.4 is 0 Å². The highest BCUT2D eigenvalue weighted by Crippen LogP contribution is 2.34. The lowest BCUT2D eigenvalue weighted by atomic mass is 10.1. The molecule has 0 spiro atoms. The van der Waals surface area contributed by atoms with Crippen LogP contribution in [0, 0.1) is 27.7 Å². The van der Waals surface area contributed by atoms with E-state index < -0.39 is 0 Å². The van der Waals surface area contributed by atoms with Crippen LogP contribution in [0.4, 0.5) is 5.69 Å². The van der Waals surface area contributed by atoms with Crippen molar-refractivity contribution < 1.29 is 10.2 Å². The monoisotopic (exact) mass is 347 g/mol. The highest BCUT2D eigenvalue weighted by atomic mass is 79.9. The van der Waals surface area contributed by atoms with E-state index in [4.69, 9.17) is 0 Å². The first-order valence-electron chi connectivity index (χ1n) is 6.64. The molecule has 0 saturated heterocycles. The van der Waals surface area contributed by atoms with Crippen molar-refractivity contribution in [2.45, 2.75) is 27.7 Å². The van der Waals surface area contributed by atoms with Crippen molar-refractivity contribution in [2.24, 2.45) is 4.99 Å². The van der Waals surface area contributed by atoms with Crippen molar-refractivity contribution in [1.29, 1.82) is 0 Å². The summed E-state index contributed by atoms with van der Waals surface area (Å²) in [5, 5.41) is 20.1. The SMILES string of the molecule is Cc1cc(O)c(N=Cc2cc(C)c(C)c(Br)c2O)cc1C. The molecular formula is C17H18BrNO2. The largest absolute Gasteiger partial charge is 0.506 e. The Bertz CT molecular complexity index is 736. The Morgan fingerprint density at radius 2 is 1.57 bits per heavy atom. The normalized spacial score (nSPS) is 11.3. The first kappa shape index (κ1) is 15.6. The number of phenolic OH excluding ortho intramolecular Hbond substituents is 2. The minimum atomic E-state index is 0.136. The molecule has 0 aliphatic rings. The molecule has 0 aliphatic heterocycles. The summed E-state index contributed by atoms with van der Waals surface area (Å²) in [6.45, 7) is 7.83. The standard InChI is InChI=1S/C17H18BrNO2/c1-9-6-14(15(20)7-10(9)2)19-8-13-5-11(3)12(4)16(18)17(13)21/h5-8,20-21H,1-4H3. The third-order valence-corrected chi connectivity index (χ3v) is 4.68. The maximum Gasteiger partial charge on any atom is 0.141 e. The number of aromatic hydroxyl groups is 2. The molecule has 0 amide bonds. The fraction of sp³-hybridized carbons (Fsp3) is 0.235. The quantitative estimate of drug-likeness (QED) is 0.763. The van der Waals surface area contributed by atoms with Crippen LogP contribution in [-0.2, 0) is 0 Å². The molecular weight excluding hydrogens is 330 g/mol. The van der Waals surface area contributed by atoms with E-state index in [0.29, 0.717) is 15.7 Å². The topological polar surface area (TPSA) is 52.8 Å². The Balaban J connectivity index is 2.45. The highest BCUT2D eigenvalue weighted by molar-refractivity contribution is 9.10. The number of hydrogen-bond acceptors (Lipinski definition) is 3. The Hall–Kier alpha value is -1.81. The fourth-order valence-corrected chi connectivity index (χ4v) is 2.56. The zero-order valence-electron chi connectivity index (χ0n) is 12.5. The first-order chi connectivity index (χ1) is 9.81. The van der Waals surface area contributed by atoms with Gasteiger partial charge in [0.15, 0.2) is 0 Å². The molecule has 110 valence electrons. The van der Waals surface area contributed by atoms with Gasteiger partial charge in [0.2, 0.25) is 0 Å². The van der Waals surface area contributed by atoms with Crippen LogP contribution in [0.3, 0.4) is 0 Å². The summed E-state index contributed by atoms with van der Waals surface area (Å²) in [5.74, 6) is 0.293. The minimum absolute atomic E-state index is 0.136. The first-order valence-corrected chi connectivity index (χ1v) is 7.43. The van der Waals surface area contributed by atoms with Gasteiger partial charge in [-0.05, 0) is 84.1 Å². The molecule has 2 aromatic rings. The lowest BCUT2D eigenvalue weighted by Crippen LogP contribution is -1.90. The maximum atomic E-state index is 10.1. The summed E-state index contributed by atoms with van der Waals surface area (Å²) < 4.78 is 0.674. The number of hydrogen-bond donors (Lipinski definition) is 2. The minimum Gasteiger partial charge on any atom is -0.506 e. The second kappa shape index (κ2) is 5.90. The summed E-state index contributed by atoms with van der Waals surface area (Å²) in [7, 11) is 0. The van der Waals surface area contributed by atoms with Gasteiger partial charge in [-0.15, -0.1) is 0 Å². The molecule has 3 nitrogen and oxygen atoms in total. The predicted molar refractivity (Wildman–Crippen MR) is 90.1 cm³/mol. The number of phenols is 2. The number of benzene rings is 2. The summed E-state index contributed by atoms with van der Waals surface area (Å²) in [4.78, 5) is 4.29. The second-order valence-electron chi connectivity index (χ2n) is 5.25. The van der Waals surface area contributed by atoms with Crippen LogP contribution >= 0.6 is 15.9 Å². The van der Waals surface area contributed by atoms with Crippen molar-refractivity contribution in [3.05, 3.63) is 50.5 Å². The van der Waals surface area contributed by atoms with Gasteiger partial charge in [0.1, 0.15) is 17.2 Å². The molecule has 0 unspecified atom stereocenters. The third-order valence-electron chi connectivity index (χ3n) is 3.71. The molecule has 0 saturated carbocycles. The Labute approximate surface area is 133 Å². The summed E-state index contributed by atoms with van der Waals surface area (Å²) in [5.41, 5.74) is 5.24. The van der Waals surface area contributed by atoms with Gasteiger partial charge in [-0.3, -0.25) is 4.99 Å². The molecule has 2 rings (SSSR count). The molecule has 0 aliphatic carbocycles. The molecule has 0 bridgehead atoms. The van der Waals surface area contributed by atoms with E-state index in [1.54, 1.807) is 12.3 Å². The van der Waals surface area contributed by atoms with Crippen LogP contribution in [0.25, 0.3) is 0 Å². The predicted octanol–water partition coefficient (Wildman–Crippen LogP) is 4.84. The molecule has 0 radical (unpaired) electrons. The summed E-state index contributed by atoms with van der Waals surface area (Å²) in [6.07, 6.45) is 1.57. The van der Waals surface area contributed by atoms with E-state index in [1.165, 1.54) is 0 Å². The molecule has 0 aromatic heterocycles. The van der Waals surface area contributed by atoms with Gasteiger partial charge in [-0.2, -0.15) is 0 Å². The highest BCUT2D eigenvalue weighted by Gasteiger charge is 2.10. The smallest absolute Gasteiger partial charge is 0.141 e. The van der Waals surface area contributed by atoms with Gasteiger partial charge >= 0.3 is 0 Å². The van der Waals surface area contributed by atoms with Crippen LogP contribution in [-0.4, -0.2) is 16.4 Å². The average molecular weight is 348 g/mol. The lowest BCUT2D eigenvalue weighted by molar-refractivity contribution is 0.470. The number of halogens is 1. The fourth-order valence-electron chi connectivity index (χ4n) is 2.01. The molecule has 0 fully saturated rings. The van der Waals surface area contributed by atoms with E-state index in [9.17, 15) is 10.2 Å². The van der Waals surface area contributed by atoms with Gasteiger partial charge in [0.25, 0.3) is 0 Å². The zero-order valence-corrected chi connectivity index (χ0v) is 14.1. The Kier molecular flexibility index (Phi) is 4.37. The van der Waals surface area contributed by atoms with E-state index in [0.717, 1.165) is 22.3 Å². The van der Waals surface area contributed by atoms with Crippen molar-refractivity contribution in [3.63, 3.8) is 0 Å². The second-order valence-corrected chi connectivity index (χ2v) is 6.05. The van der Waals surface area contributed by atoms with Gasteiger partial charge in [-0.1, -0.05) is 0 Å². The number of aryl methyl sites for hydroxylation is 3. The number of nitrogens with zero attached hydrogens (tertiary/aromatic N) is 1. The van der Waals surface area contributed by atoms with Gasteiger partial charge in [-0.25, -0.2) is 0 Å². The van der Waals surface area contributed by atoms with E-state index in [1.807, 2.05) is 39.8 Å². The van der Waals surface area contributed by atoms with Crippen LogP contribution in [0.5, 0.6) is 11.5 Å². The summed E-state index contributed by atoms with van der Waals surface area (Å²) in [6, 6.07) is 5.39. The van der Waals surface area contributed by atoms with Crippen molar-refractivity contribution in [2.75, 3.05) is 0 Å². The van der Waals surface area contributed by atoms with E-state index in [-0.39, 0.29) is 11.5 Å². The van der Waals surface area contributed by atoms with Gasteiger partial charge in [0, 0.05) is 11.8 Å². The Morgan fingerprint density at radius 1 is 0.952 bits per heavy atom. The maximum absolute atomic E-state index is 10.1. The van der Waals surface area contributed by atoms with Crippen molar-refractivity contribution in [1.82, 2.24) is 0 Å². The van der Waals surface area contributed by atoms with E-state index >= 15 is 0 Å². The molecule has 2 N–H and O–H groups in total. The number of aliphatic imine (C=N–C) groups is 1. The Morgan fingerprint density at radius 3 is 2.24 bits per heavy atom. The molecule has 21 heavy (non-hydrogen) atoms.